The summed E-state index contributed by atoms with van der Waals surface area (Å²) in [5.41, 5.74) is 2.26. The van der Waals surface area contributed by atoms with Crippen LogP contribution in [0.15, 0.2) is 42.7 Å². The second-order valence-corrected chi connectivity index (χ2v) is 10.8. The quantitative estimate of drug-likeness (QED) is 0.473. The lowest BCUT2D eigenvalue weighted by Crippen LogP contribution is -2.33. The third kappa shape index (κ3) is 5.30. The topological polar surface area (TPSA) is 80.1 Å². The number of fused-ring (bicyclic) bond motifs is 1. The molecule has 3 heterocycles. The van der Waals surface area contributed by atoms with Crippen molar-refractivity contribution in [3.05, 3.63) is 75.9 Å². The Kier molecular flexibility index (Phi) is 7.22. The van der Waals surface area contributed by atoms with Gasteiger partial charge in [-0.2, -0.15) is 5.10 Å². The lowest BCUT2D eigenvalue weighted by molar-refractivity contribution is -0.133. The molecule has 2 fully saturated rings. The zero-order valence-electron chi connectivity index (χ0n) is 21.5. The molecule has 5 rings (SSSR count). The molecule has 0 radical (unpaired) electrons. The van der Waals surface area contributed by atoms with Crippen LogP contribution >= 0.6 is 11.6 Å². The number of anilines is 1. The van der Waals surface area contributed by atoms with E-state index in [0.717, 1.165) is 31.5 Å². The van der Waals surface area contributed by atoms with Crippen molar-refractivity contribution in [2.45, 2.75) is 39.7 Å². The van der Waals surface area contributed by atoms with Crippen LogP contribution < -0.4 is 5.32 Å². The Balaban J connectivity index is 1.27. The largest absolute Gasteiger partial charge is 0.342 e. The molecule has 2 amide bonds. The number of aromatic nitrogens is 3. The fourth-order valence-corrected chi connectivity index (χ4v) is 5.71. The van der Waals surface area contributed by atoms with Crippen molar-refractivity contribution < 1.29 is 14.0 Å². The van der Waals surface area contributed by atoms with Crippen LogP contribution in [0.1, 0.15) is 59.9 Å². The van der Waals surface area contributed by atoms with Gasteiger partial charge in [-0.1, -0.05) is 43.4 Å². The minimum atomic E-state index is -0.379. The molecule has 7 nitrogen and oxygen atoms in total. The highest BCUT2D eigenvalue weighted by Crippen LogP contribution is 2.44. The van der Waals surface area contributed by atoms with E-state index in [1.165, 1.54) is 18.3 Å². The molecule has 38 heavy (non-hydrogen) atoms. The lowest BCUT2D eigenvalue weighted by Gasteiger charge is -2.22. The van der Waals surface area contributed by atoms with Crippen molar-refractivity contribution >= 4 is 29.2 Å². The van der Waals surface area contributed by atoms with E-state index in [-0.39, 0.29) is 34.6 Å². The van der Waals surface area contributed by atoms with Gasteiger partial charge in [0.1, 0.15) is 17.3 Å². The first-order valence-corrected chi connectivity index (χ1v) is 13.1. The fraction of sp³-hybridized carbons (Fsp3) is 0.379. The van der Waals surface area contributed by atoms with Crippen molar-refractivity contribution in [1.29, 1.82) is 0 Å². The zero-order valence-corrected chi connectivity index (χ0v) is 22.3. The van der Waals surface area contributed by atoms with Gasteiger partial charge in [-0.05, 0) is 61.4 Å². The van der Waals surface area contributed by atoms with Crippen molar-refractivity contribution in [2.75, 3.05) is 18.4 Å². The summed E-state index contributed by atoms with van der Waals surface area (Å²) in [6.07, 6.45) is 4.77. The van der Waals surface area contributed by atoms with Crippen molar-refractivity contribution in [3.63, 3.8) is 0 Å². The summed E-state index contributed by atoms with van der Waals surface area (Å²) in [6.45, 7) is 7.20. The van der Waals surface area contributed by atoms with Crippen LogP contribution in [0.25, 0.3) is 0 Å². The Labute approximate surface area is 226 Å². The van der Waals surface area contributed by atoms with E-state index in [9.17, 15) is 14.0 Å². The molecule has 196 valence electrons. The number of halogens is 2. The molecule has 1 unspecified atom stereocenters. The van der Waals surface area contributed by atoms with Gasteiger partial charge in [-0.25, -0.2) is 9.37 Å². The molecule has 1 N–H and O–H groups in total. The number of rotatable bonds is 4. The predicted molar refractivity (Wildman–Crippen MR) is 143 cm³/mol. The average molecular weight is 534 g/mol. The van der Waals surface area contributed by atoms with Gasteiger partial charge >= 0.3 is 0 Å². The molecule has 3 aromatic rings. The van der Waals surface area contributed by atoms with Gasteiger partial charge < -0.3 is 10.2 Å². The maximum atomic E-state index is 13.4. The van der Waals surface area contributed by atoms with Crippen LogP contribution in [0, 0.1) is 42.3 Å². The summed E-state index contributed by atoms with van der Waals surface area (Å²) in [6, 6.07) is 7.94. The summed E-state index contributed by atoms with van der Waals surface area (Å²) < 4.78 is 15.1. The minimum Gasteiger partial charge on any atom is -0.342 e. The standard InChI is InChI=1S/C29H29ClFN5O2/c1-17(2)29(38)35-15-21-11-24(12-22(21)16-35)36-26(25(30)14-33-36)28(37)34-27-18(3)9-20(13-32-27)8-7-19-5-4-6-23(31)10-19/h4-6,9-10,13-14,17,21-22,24H,11-12,15-16H2,1-3H3,(H,32,34,37)/t21-,22+,24?. The van der Waals surface area contributed by atoms with E-state index in [1.54, 1.807) is 23.0 Å². The first-order chi connectivity index (χ1) is 18.2. The number of carbonyl (C=O) groups is 2. The summed E-state index contributed by atoms with van der Waals surface area (Å²) in [4.78, 5) is 32.1. The van der Waals surface area contributed by atoms with E-state index in [1.807, 2.05) is 31.7 Å². The predicted octanol–water partition coefficient (Wildman–Crippen LogP) is 5.10. The van der Waals surface area contributed by atoms with Crippen molar-refractivity contribution in [1.82, 2.24) is 19.7 Å². The van der Waals surface area contributed by atoms with E-state index < -0.39 is 0 Å². The molecule has 0 spiro atoms. The third-order valence-electron chi connectivity index (χ3n) is 7.33. The summed E-state index contributed by atoms with van der Waals surface area (Å²) in [5.74, 6) is 6.57. The molecule has 1 aliphatic carbocycles. The second kappa shape index (κ2) is 10.6. The van der Waals surface area contributed by atoms with Gasteiger partial charge in [0.2, 0.25) is 5.91 Å². The molecule has 2 aliphatic rings. The van der Waals surface area contributed by atoms with Crippen LogP contribution in [0.2, 0.25) is 5.02 Å². The van der Waals surface area contributed by atoms with Crippen LogP contribution in [-0.4, -0.2) is 44.6 Å². The molecular formula is C29H29ClFN5O2. The van der Waals surface area contributed by atoms with Gasteiger partial charge in [0, 0.05) is 36.3 Å². The van der Waals surface area contributed by atoms with Crippen molar-refractivity contribution in [3.8, 4) is 11.8 Å². The smallest absolute Gasteiger partial charge is 0.276 e. The summed E-state index contributed by atoms with van der Waals surface area (Å²) in [5, 5.41) is 7.59. The Bertz CT molecular complexity index is 1440. The number of pyridine rings is 1. The monoisotopic (exact) mass is 533 g/mol. The number of likely N-dealkylation sites (tertiary alicyclic amines) is 1. The number of amides is 2. The van der Waals surface area contributed by atoms with Crippen LogP contribution in [0.4, 0.5) is 10.2 Å². The van der Waals surface area contributed by atoms with E-state index in [4.69, 9.17) is 11.6 Å². The van der Waals surface area contributed by atoms with Crippen LogP contribution in [0.5, 0.6) is 0 Å². The number of aryl methyl sites for hydroxylation is 1. The van der Waals surface area contributed by atoms with Gasteiger partial charge in [0.05, 0.1) is 17.3 Å². The molecule has 1 aromatic carbocycles. The number of hydrogen-bond donors (Lipinski definition) is 1. The van der Waals surface area contributed by atoms with Gasteiger partial charge in [-0.15, -0.1) is 0 Å². The Hall–Kier alpha value is -3.70. The molecule has 2 aromatic heterocycles. The van der Waals surface area contributed by atoms with E-state index >= 15 is 0 Å². The highest BCUT2D eigenvalue weighted by Gasteiger charge is 2.44. The van der Waals surface area contributed by atoms with Crippen LogP contribution in [0.3, 0.4) is 0 Å². The number of nitrogens with one attached hydrogen (secondary N) is 1. The van der Waals surface area contributed by atoms with E-state index in [2.05, 4.69) is 27.2 Å². The fourth-order valence-electron chi connectivity index (χ4n) is 5.49. The van der Waals surface area contributed by atoms with Crippen molar-refractivity contribution in [2.24, 2.45) is 17.8 Å². The van der Waals surface area contributed by atoms with E-state index in [0.29, 0.717) is 34.5 Å². The second-order valence-electron chi connectivity index (χ2n) is 10.4. The first-order valence-electron chi connectivity index (χ1n) is 12.8. The minimum absolute atomic E-state index is 0.00328. The number of hydrogen-bond acceptors (Lipinski definition) is 4. The molecule has 3 atom stereocenters. The molecule has 1 aliphatic heterocycles. The highest BCUT2D eigenvalue weighted by molar-refractivity contribution is 6.34. The SMILES string of the molecule is Cc1cc(C#Cc2cccc(F)c2)cnc1NC(=O)c1c(Cl)cnn1C1C[C@@H]2CN(C(=O)C(C)C)C[C@@H]2C1. The maximum absolute atomic E-state index is 13.4. The Morgan fingerprint density at radius 3 is 2.47 bits per heavy atom. The maximum Gasteiger partial charge on any atom is 0.276 e. The molecule has 0 bridgehead atoms. The first kappa shape index (κ1) is 25.9. The number of nitrogens with zero attached hydrogens (tertiary/aromatic N) is 4. The third-order valence-corrected chi connectivity index (χ3v) is 7.61. The average Bonchev–Trinajstić information content (AvgIpc) is 3.56. The van der Waals surface area contributed by atoms with Gasteiger partial charge in [0.15, 0.2) is 0 Å². The Morgan fingerprint density at radius 2 is 1.82 bits per heavy atom. The number of benzene rings is 1. The number of carbonyl (C=O) groups excluding carboxylic acids is 2. The highest BCUT2D eigenvalue weighted by atomic mass is 35.5. The normalized spacial score (nSPS) is 20.3. The summed E-state index contributed by atoms with van der Waals surface area (Å²) in [7, 11) is 0. The molecule has 1 saturated heterocycles. The van der Waals surface area contributed by atoms with Crippen LogP contribution in [-0.2, 0) is 4.79 Å². The zero-order chi connectivity index (χ0) is 27.0. The van der Waals surface area contributed by atoms with Gasteiger partial charge in [-0.3, -0.25) is 14.3 Å². The lowest BCUT2D eigenvalue weighted by atomic mass is 10.0. The molecule has 1 saturated carbocycles. The summed E-state index contributed by atoms with van der Waals surface area (Å²) >= 11 is 6.42. The molecule has 9 heteroatoms. The Morgan fingerprint density at radius 1 is 1.11 bits per heavy atom. The molecular weight excluding hydrogens is 505 g/mol. The van der Waals surface area contributed by atoms with Gasteiger partial charge in [0.25, 0.3) is 5.91 Å².